The number of nitrogens with zero attached hydrogens (tertiary/aromatic N) is 1. The van der Waals surface area contributed by atoms with Crippen LogP contribution < -0.4 is 4.74 Å². The number of likely N-dealkylation sites (tertiary alicyclic amines) is 1. The normalized spacial score (nSPS) is 24.4. The molecular formula is C14H19NO2. The Morgan fingerprint density at radius 1 is 1.29 bits per heavy atom. The lowest BCUT2D eigenvalue weighted by Gasteiger charge is -2.29. The minimum atomic E-state index is 0.286. The largest absolute Gasteiger partial charge is 0.504 e. The zero-order valence-corrected chi connectivity index (χ0v) is 10.1. The van der Waals surface area contributed by atoms with Crippen molar-refractivity contribution >= 4 is 0 Å². The van der Waals surface area contributed by atoms with Crippen LogP contribution in [0.5, 0.6) is 11.5 Å². The van der Waals surface area contributed by atoms with E-state index < -0.39 is 0 Å². The second-order valence-electron chi connectivity index (χ2n) is 5.04. The molecule has 0 saturated carbocycles. The highest BCUT2D eigenvalue weighted by atomic mass is 16.5. The topological polar surface area (TPSA) is 32.7 Å². The summed E-state index contributed by atoms with van der Waals surface area (Å²) in [5.74, 6) is 1.51. The first-order valence-corrected chi connectivity index (χ1v) is 6.51. The Kier molecular flexibility index (Phi) is 2.93. The van der Waals surface area contributed by atoms with Gasteiger partial charge in [0.2, 0.25) is 0 Å². The van der Waals surface area contributed by atoms with E-state index in [9.17, 15) is 5.11 Å². The molecule has 3 heteroatoms. The molecule has 1 N–H and O–H groups in total. The molecule has 0 bridgehead atoms. The van der Waals surface area contributed by atoms with Crippen molar-refractivity contribution in [2.24, 2.45) is 0 Å². The van der Waals surface area contributed by atoms with Crippen LogP contribution >= 0.6 is 0 Å². The fourth-order valence-corrected chi connectivity index (χ4v) is 2.95. The number of phenols is 1. The SMILES string of the molecule is Oc1cccc2c1OCCC2CN1CCCC1. The summed E-state index contributed by atoms with van der Waals surface area (Å²) in [6, 6.07) is 5.71. The number of hydrogen-bond acceptors (Lipinski definition) is 3. The van der Waals surface area contributed by atoms with Gasteiger partial charge in [-0.1, -0.05) is 12.1 Å². The molecule has 0 spiro atoms. The van der Waals surface area contributed by atoms with Gasteiger partial charge in [0.15, 0.2) is 11.5 Å². The van der Waals surface area contributed by atoms with Crippen molar-refractivity contribution in [3.8, 4) is 11.5 Å². The van der Waals surface area contributed by atoms with Gasteiger partial charge in [-0.25, -0.2) is 0 Å². The molecule has 0 amide bonds. The van der Waals surface area contributed by atoms with Crippen molar-refractivity contribution in [1.29, 1.82) is 0 Å². The Balaban J connectivity index is 1.81. The molecule has 1 fully saturated rings. The Morgan fingerprint density at radius 3 is 2.94 bits per heavy atom. The number of para-hydroxylation sites is 1. The monoisotopic (exact) mass is 233 g/mol. The summed E-state index contributed by atoms with van der Waals surface area (Å²) < 4.78 is 5.58. The molecule has 2 aliphatic heterocycles. The fourth-order valence-electron chi connectivity index (χ4n) is 2.95. The summed E-state index contributed by atoms with van der Waals surface area (Å²) in [4.78, 5) is 2.53. The number of benzene rings is 1. The van der Waals surface area contributed by atoms with E-state index in [1.165, 1.54) is 31.5 Å². The Morgan fingerprint density at radius 2 is 2.12 bits per heavy atom. The van der Waals surface area contributed by atoms with E-state index in [0.29, 0.717) is 11.7 Å². The molecule has 3 nitrogen and oxygen atoms in total. The molecule has 1 atom stereocenters. The minimum Gasteiger partial charge on any atom is -0.504 e. The molecule has 92 valence electrons. The van der Waals surface area contributed by atoms with Gasteiger partial charge in [-0.15, -0.1) is 0 Å². The van der Waals surface area contributed by atoms with Crippen LogP contribution in [0.15, 0.2) is 18.2 Å². The zero-order chi connectivity index (χ0) is 11.7. The highest BCUT2D eigenvalue weighted by molar-refractivity contribution is 5.48. The summed E-state index contributed by atoms with van der Waals surface area (Å²) in [6.45, 7) is 4.29. The summed E-state index contributed by atoms with van der Waals surface area (Å²) in [5, 5.41) is 9.80. The Hall–Kier alpha value is -1.22. The third-order valence-corrected chi connectivity index (χ3v) is 3.85. The third-order valence-electron chi connectivity index (χ3n) is 3.85. The Bertz CT molecular complexity index is 399. The van der Waals surface area contributed by atoms with Crippen molar-refractivity contribution in [3.63, 3.8) is 0 Å². The van der Waals surface area contributed by atoms with E-state index >= 15 is 0 Å². The second-order valence-corrected chi connectivity index (χ2v) is 5.04. The summed E-state index contributed by atoms with van der Waals surface area (Å²) >= 11 is 0. The van der Waals surface area contributed by atoms with Gasteiger partial charge in [-0.3, -0.25) is 0 Å². The van der Waals surface area contributed by atoms with Crippen LogP contribution in [0.2, 0.25) is 0 Å². The highest BCUT2D eigenvalue weighted by Gasteiger charge is 2.26. The van der Waals surface area contributed by atoms with Gasteiger partial charge in [0.25, 0.3) is 0 Å². The van der Waals surface area contributed by atoms with Crippen molar-refractivity contribution in [2.75, 3.05) is 26.2 Å². The third kappa shape index (κ3) is 2.12. The summed E-state index contributed by atoms with van der Waals surface area (Å²) in [6.07, 6.45) is 3.72. The van der Waals surface area contributed by atoms with Crippen molar-refractivity contribution in [2.45, 2.75) is 25.2 Å². The van der Waals surface area contributed by atoms with Crippen LogP contribution in [0, 0.1) is 0 Å². The van der Waals surface area contributed by atoms with Gasteiger partial charge in [0.05, 0.1) is 6.61 Å². The lowest BCUT2D eigenvalue weighted by Crippen LogP contribution is -2.28. The molecule has 17 heavy (non-hydrogen) atoms. The Labute approximate surface area is 102 Å². The lowest BCUT2D eigenvalue weighted by molar-refractivity contribution is 0.224. The van der Waals surface area contributed by atoms with E-state index in [1.54, 1.807) is 6.07 Å². The van der Waals surface area contributed by atoms with Crippen LogP contribution in [0.25, 0.3) is 0 Å². The lowest BCUT2D eigenvalue weighted by atomic mass is 9.92. The predicted molar refractivity (Wildman–Crippen MR) is 66.6 cm³/mol. The number of aromatic hydroxyl groups is 1. The molecule has 1 saturated heterocycles. The molecule has 1 aromatic rings. The minimum absolute atomic E-state index is 0.286. The fraction of sp³-hybridized carbons (Fsp3) is 0.571. The van der Waals surface area contributed by atoms with E-state index in [1.807, 2.05) is 6.07 Å². The van der Waals surface area contributed by atoms with Crippen molar-refractivity contribution in [1.82, 2.24) is 4.90 Å². The standard InChI is InChI=1S/C14H19NO2/c16-13-5-3-4-12-11(6-9-17-14(12)13)10-15-7-1-2-8-15/h3-5,11,16H,1-2,6-10H2. The molecule has 1 aromatic carbocycles. The number of fused-ring (bicyclic) bond motifs is 1. The van der Waals surface area contributed by atoms with Gasteiger partial charge in [-0.2, -0.15) is 0 Å². The molecule has 3 rings (SSSR count). The number of phenolic OH excluding ortho intramolecular Hbond substituents is 1. The maximum atomic E-state index is 9.80. The van der Waals surface area contributed by atoms with E-state index in [2.05, 4.69) is 11.0 Å². The predicted octanol–water partition coefficient (Wildman–Crippen LogP) is 2.35. The number of ether oxygens (including phenoxy) is 1. The first-order chi connectivity index (χ1) is 8.34. The first kappa shape index (κ1) is 10.9. The smallest absolute Gasteiger partial charge is 0.164 e. The van der Waals surface area contributed by atoms with Gasteiger partial charge in [0, 0.05) is 18.0 Å². The summed E-state index contributed by atoms with van der Waals surface area (Å²) in [5.41, 5.74) is 1.18. The molecule has 2 heterocycles. The maximum Gasteiger partial charge on any atom is 0.164 e. The molecule has 0 aliphatic carbocycles. The zero-order valence-electron chi connectivity index (χ0n) is 10.1. The molecule has 1 unspecified atom stereocenters. The van der Waals surface area contributed by atoms with Crippen LogP contribution in [-0.2, 0) is 0 Å². The van der Waals surface area contributed by atoms with Crippen LogP contribution in [0.4, 0.5) is 0 Å². The average Bonchev–Trinajstić information content (AvgIpc) is 2.83. The van der Waals surface area contributed by atoms with Gasteiger partial charge >= 0.3 is 0 Å². The van der Waals surface area contributed by atoms with Crippen LogP contribution in [0.1, 0.15) is 30.7 Å². The van der Waals surface area contributed by atoms with Crippen molar-refractivity contribution in [3.05, 3.63) is 23.8 Å². The van der Waals surface area contributed by atoms with Gasteiger partial charge in [-0.05, 0) is 38.4 Å². The van der Waals surface area contributed by atoms with Crippen LogP contribution in [-0.4, -0.2) is 36.2 Å². The maximum absolute atomic E-state index is 9.80. The highest BCUT2D eigenvalue weighted by Crippen LogP contribution is 2.40. The molecule has 0 radical (unpaired) electrons. The number of hydrogen-bond donors (Lipinski definition) is 1. The van der Waals surface area contributed by atoms with Gasteiger partial charge < -0.3 is 14.7 Å². The van der Waals surface area contributed by atoms with Gasteiger partial charge in [0.1, 0.15) is 0 Å². The summed E-state index contributed by atoms with van der Waals surface area (Å²) in [7, 11) is 0. The second kappa shape index (κ2) is 4.57. The first-order valence-electron chi connectivity index (χ1n) is 6.51. The van der Waals surface area contributed by atoms with Crippen molar-refractivity contribution < 1.29 is 9.84 Å². The number of rotatable bonds is 2. The van der Waals surface area contributed by atoms with E-state index in [4.69, 9.17) is 4.74 Å². The average molecular weight is 233 g/mol. The molecule has 2 aliphatic rings. The van der Waals surface area contributed by atoms with E-state index in [0.717, 1.165) is 19.6 Å². The van der Waals surface area contributed by atoms with Crippen LogP contribution in [0.3, 0.4) is 0 Å². The van der Waals surface area contributed by atoms with E-state index in [-0.39, 0.29) is 5.75 Å². The molecular weight excluding hydrogens is 214 g/mol. The molecule has 0 aromatic heterocycles. The quantitative estimate of drug-likeness (QED) is 0.851.